The summed E-state index contributed by atoms with van der Waals surface area (Å²) in [6.45, 7) is 7.15. The van der Waals surface area contributed by atoms with E-state index in [4.69, 9.17) is 11.6 Å². The Morgan fingerprint density at radius 2 is 1.68 bits per heavy atom. The molecule has 5 nitrogen and oxygen atoms in total. The number of hydrogen-bond acceptors (Lipinski definition) is 3. The van der Waals surface area contributed by atoms with E-state index in [-0.39, 0.29) is 17.9 Å². The molecule has 0 spiro atoms. The van der Waals surface area contributed by atoms with Crippen LogP contribution in [0.3, 0.4) is 0 Å². The van der Waals surface area contributed by atoms with Crippen LogP contribution in [0.15, 0.2) is 48.5 Å². The van der Waals surface area contributed by atoms with Crippen molar-refractivity contribution in [1.29, 1.82) is 0 Å². The number of halogens is 1. The maximum atomic E-state index is 12.8. The lowest BCUT2D eigenvalue weighted by Crippen LogP contribution is -2.49. The molecule has 1 atom stereocenters. The Hall–Kier alpha value is -2.37. The van der Waals surface area contributed by atoms with Crippen LogP contribution in [-0.4, -0.2) is 47.8 Å². The predicted molar refractivity (Wildman–Crippen MR) is 111 cm³/mol. The van der Waals surface area contributed by atoms with E-state index in [9.17, 15) is 9.59 Å². The lowest BCUT2D eigenvalue weighted by atomic mass is 10.1. The first-order valence-electron chi connectivity index (χ1n) is 9.57. The summed E-state index contributed by atoms with van der Waals surface area (Å²) in [4.78, 5) is 28.1. The molecule has 3 rings (SSSR count). The fourth-order valence-electron chi connectivity index (χ4n) is 3.50. The molecular formula is C22H26ClN3O2. The van der Waals surface area contributed by atoms with Gasteiger partial charge in [-0.05, 0) is 36.2 Å². The molecule has 1 fully saturated rings. The van der Waals surface area contributed by atoms with E-state index in [0.717, 1.165) is 29.2 Å². The van der Waals surface area contributed by atoms with E-state index in [0.29, 0.717) is 25.2 Å². The van der Waals surface area contributed by atoms with Gasteiger partial charge in [0.05, 0.1) is 0 Å². The van der Waals surface area contributed by atoms with Gasteiger partial charge in [-0.3, -0.25) is 14.5 Å². The average molecular weight is 400 g/mol. The highest BCUT2D eigenvalue weighted by Crippen LogP contribution is 2.28. The second-order valence-electron chi connectivity index (χ2n) is 7.13. The summed E-state index contributed by atoms with van der Waals surface area (Å²) < 4.78 is 0. The third kappa shape index (κ3) is 4.91. The van der Waals surface area contributed by atoms with Gasteiger partial charge in [0, 0.05) is 56.3 Å². The Bertz CT molecular complexity index is 830. The van der Waals surface area contributed by atoms with Crippen LogP contribution < -0.4 is 5.32 Å². The summed E-state index contributed by atoms with van der Waals surface area (Å²) in [6.07, 6.45) is 0. The van der Waals surface area contributed by atoms with Crippen molar-refractivity contribution in [2.45, 2.75) is 26.4 Å². The van der Waals surface area contributed by atoms with Gasteiger partial charge < -0.3 is 10.2 Å². The van der Waals surface area contributed by atoms with Crippen LogP contribution in [0.1, 0.15) is 41.4 Å². The zero-order valence-corrected chi connectivity index (χ0v) is 17.1. The van der Waals surface area contributed by atoms with Crippen molar-refractivity contribution < 1.29 is 9.59 Å². The van der Waals surface area contributed by atoms with E-state index in [1.165, 1.54) is 6.92 Å². The van der Waals surface area contributed by atoms with Crippen LogP contribution in [0.25, 0.3) is 0 Å². The van der Waals surface area contributed by atoms with Crippen molar-refractivity contribution in [2.24, 2.45) is 0 Å². The van der Waals surface area contributed by atoms with Crippen molar-refractivity contribution in [1.82, 2.24) is 15.1 Å². The highest BCUT2D eigenvalue weighted by atomic mass is 35.5. The number of rotatable bonds is 5. The maximum absolute atomic E-state index is 12.8. The first-order valence-corrected chi connectivity index (χ1v) is 9.94. The van der Waals surface area contributed by atoms with E-state index in [1.807, 2.05) is 47.4 Å². The molecule has 2 aromatic carbocycles. The fourth-order valence-corrected chi connectivity index (χ4v) is 3.79. The topological polar surface area (TPSA) is 52.7 Å². The number of nitrogens with zero attached hydrogens (tertiary/aromatic N) is 2. The number of carbonyl (C=O) groups excluding carboxylic acids is 2. The summed E-state index contributed by atoms with van der Waals surface area (Å²) in [5.74, 6) is -0.0137. The summed E-state index contributed by atoms with van der Waals surface area (Å²) in [7, 11) is 0. The first-order chi connectivity index (χ1) is 13.5. The molecule has 0 aromatic heterocycles. The molecule has 2 amide bonds. The van der Waals surface area contributed by atoms with Crippen molar-refractivity contribution in [3.63, 3.8) is 0 Å². The van der Waals surface area contributed by atoms with Crippen LogP contribution in [0.2, 0.25) is 5.02 Å². The normalized spacial score (nSPS) is 15.9. The summed E-state index contributed by atoms with van der Waals surface area (Å²) in [5, 5.41) is 3.54. The lowest BCUT2D eigenvalue weighted by Gasteiger charge is -2.38. The molecule has 0 bridgehead atoms. The second kappa shape index (κ2) is 9.22. The van der Waals surface area contributed by atoms with Gasteiger partial charge in [-0.2, -0.15) is 0 Å². The van der Waals surface area contributed by atoms with Gasteiger partial charge in [0.1, 0.15) is 0 Å². The van der Waals surface area contributed by atoms with Gasteiger partial charge in [0.15, 0.2) is 0 Å². The van der Waals surface area contributed by atoms with Gasteiger partial charge in [-0.25, -0.2) is 0 Å². The number of piperazine rings is 1. The van der Waals surface area contributed by atoms with E-state index in [1.54, 1.807) is 0 Å². The third-order valence-corrected chi connectivity index (χ3v) is 5.59. The zero-order valence-electron chi connectivity index (χ0n) is 16.3. The van der Waals surface area contributed by atoms with Crippen molar-refractivity contribution in [3.8, 4) is 0 Å². The molecular weight excluding hydrogens is 374 g/mol. The van der Waals surface area contributed by atoms with Gasteiger partial charge in [-0.1, -0.05) is 41.9 Å². The molecule has 1 unspecified atom stereocenters. The third-order valence-electron chi connectivity index (χ3n) is 5.25. The summed E-state index contributed by atoms with van der Waals surface area (Å²) in [5.41, 5.74) is 2.78. The lowest BCUT2D eigenvalue weighted by molar-refractivity contribution is -0.119. The number of hydrogen-bond donors (Lipinski definition) is 1. The molecule has 1 heterocycles. The second-order valence-corrected chi connectivity index (χ2v) is 7.54. The van der Waals surface area contributed by atoms with Crippen molar-refractivity contribution in [2.75, 3.05) is 26.2 Å². The highest BCUT2D eigenvalue weighted by molar-refractivity contribution is 6.31. The molecule has 0 saturated carbocycles. The monoisotopic (exact) mass is 399 g/mol. The molecule has 1 aliphatic rings. The maximum Gasteiger partial charge on any atom is 0.253 e. The molecule has 1 N–H and O–H groups in total. The number of amides is 2. The fraction of sp³-hybridized carbons (Fsp3) is 0.364. The summed E-state index contributed by atoms with van der Waals surface area (Å²) in [6, 6.07) is 15.6. The number of carbonyl (C=O) groups is 2. The Kier molecular flexibility index (Phi) is 6.70. The largest absolute Gasteiger partial charge is 0.352 e. The smallest absolute Gasteiger partial charge is 0.253 e. The average Bonchev–Trinajstić information content (AvgIpc) is 2.72. The van der Waals surface area contributed by atoms with E-state index >= 15 is 0 Å². The Balaban J connectivity index is 1.56. The van der Waals surface area contributed by atoms with Crippen LogP contribution in [0.4, 0.5) is 0 Å². The first kappa shape index (κ1) is 20.4. The molecule has 2 aromatic rings. The van der Waals surface area contributed by atoms with Crippen LogP contribution in [0, 0.1) is 0 Å². The highest BCUT2D eigenvalue weighted by Gasteiger charge is 2.26. The predicted octanol–water partition coefficient (Wildman–Crippen LogP) is 3.50. The SMILES string of the molecule is CC(=O)NCc1ccc(C(=O)N2CCN(C(C)c3ccccc3Cl)CC2)cc1. The molecule has 1 aliphatic heterocycles. The minimum absolute atomic E-state index is 0.0520. The number of nitrogens with one attached hydrogen (secondary N) is 1. The van der Waals surface area contributed by atoms with E-state index < -0.39 is 0 Å². The van der Waals surface area contributed by atoms with Crippen LogP contribution in [-0.2, 0) is 11.3 Å². The van der Waals surface area contributed by atoms with E-state index in [2.05, 4.69) is 23.2 Å². The van der Waals surface area contributed by atoms with Gasteiger partial charge in [0.25, 0.3) is 5.91 Å². The minimum Gasteiger partial charge on any atom is -0.352 e. The zero-order chi connectivity index (χ0) is 20.1. The standard InChI is InChI=1S/C22H26ClN3O2/c1-16(20-5-3-4-6-21(20)23)25-11-13-26(14-12-25)22(28)19-9-7-18(8-10-19)15-24-17(2)27/h3-10,16H,11-15H2,1-2H3,(H,24,27). The Morgan fingerprint density at radius 3 is 2.29 bits per heavy atom. The Morgan fingerprint density at radius 1 is 1.04 bits per heavy atom. The van der Waals surface area contributed by atoms with Gasteiger partial charge >= 0.3 is 0 Å². The molecule has 1 saturated heterocycles. The molecule has 0 aliphatic carbocycles. The van der Waals surface area contributed by atoms with Crippen LogP contribution in [0.5, 0.6) is 0 Å². The molecule has 28 heavy (non-hydrogen) atoms. The van der Waals surface area contributed by atoms with Crippen LogP contribution >= 0.6 is 11.6 Å². The van der Waals surface area contributed by atoms with Gasteiger partial charge in [-0.15, -0.1) is 0 Å². The van der Waals surface area contributed by atoms with Crippen molar-refractivity contribution >= 4 is 23.4 Å². The minimum atomic E-state index is -0.0657. The molecule has 148 valence electrons. The molecule has 6 heteroatoms. The summed E-state index contributed by atoms with van der Waals surface area (Å²) >= 11 is 6.34. The Labute approximate surface area is 171 Å². The van der Waals surface area contributed by atoms with Crippen molar-refractivity contribution in [3.05, 3.63) is 70.2 Å². The number of benzene rings is 2. The quantitative estimate of drug-likeness (QED) is 0.837. The van der Waals surface area contributed by atoms with Gasteiger partial charge in [0.2, 0.25) is 5.91 Å². The molecule has 0 radical (unpaired) electrons.